The fourth-order valence-electron chi connectivity index (χ4n) is 5.44. The Bertz CT molecular complexity index is 2020. The molecule has 1 unspecified atom stereocenters. The lowest BCUT2D eigenvalue weighted by molar-refractivity contribution is -0.265. The number of primary amides is 1. The third-order valence-corrected chi connectivity index (χ3v) is 8.29. The Hall–Kier alpha value is -5.35. The Kier molecular flexibility index (Phi) is 9.71. The molecule has 0 saturated heterocycles. The summed E-state index contributed by atoms with van der Waals surface area (Å²) in [4.78, 5) is 46.6. The monoisotopic (exact) mass is 713 g/mol. The summed E-state index contributed by atoms with van der Waals surface area (Å²) >= 11 is 0. The standard InChI is InChI=1S/C35H35F4N5O7/c1-18-9-20-10-21(11-24(27(20)41-13-18)50-14-26(40)45)30(46)42-16-34(49,35(37,38)39)25-12-23-29(28(44-25)19-5-7-22(36)8-6-19)51-17-33(23,4)31(47)43-15-32(2,3)48/h5-13,48-49H,14-17H2,1-4H3,(H2,40,45)(H,42,46)(H,43,47)/t33-,34?/m0/s1. The molecule has 2 aromatic carbocycles. The van der Waals surface area contributed by atoms with E-state index in [2.05, 4.69) is 20.6 Å². The number of benzene rings is 2. The fraction of sp³-hybridized carbons (Fsp3) is 0.343. The Morgan fingerprint density at radius 3 is 2.35 bits per heavy atom. The van der Waals surface area contributed by atoms with E-state index >= 15 is 0 Å². The van der Waals surface area contributed by atoms with E-state index in [-0.39, 0.29) is 52.6 Å². The minimum atomic E-state index is -5.44. The van der Waals surface area contributed by atoms with E-state index in [1.165, 1.54) is 51.2 Å². The highest BCUT2D eigenvalue weighted by atomic mass is 19.4. The molecule has 0 bridgehead atoms. The number of hydrogen-bond acceptors (Lipinski definition) is 9. The van der Waals surface area contributed by atoms with Gasteiger partial charge in [-0.2, -0.15) is 13.2 Å². The molecule has 6 N–H and O–H groups in total. The highest BCUT2D eigenvalue weighted by molar-refractivity contribution is 6.00. The van der Waals surface area contributed by atoms with Gasteiger partial charge < -0.3 is 36.1 Å². The van der Waals surface area contributed by atoms with Crippen molar-refractivity contribution in [3.05, 3.63) is 82.9 Å². The molecule has 270 valence electrons. The van der Waals surface area contributed by atoms with Crippen LogP contribution in [0.5, 0.6) is 11.5 Å². The molecule has 12 nitrogen and oxygen atoms in total. The second-order valence-electron chi connectivity index (χ2n) is 13.2. The summed E-state index contributed by atoms with van der Waals surface area (Å²) in [6.45, 7) is 3.51. The van der Waals surface area contributed by atoms with E-state index in [1.54, 1.807) is 13.0 Å². The van der Waals surface area contributed by atoms with Gasteiger partial charge in [-0.3, -0.25) is 19.4 Å². The van der Waals surface area contributed by atoms with Crippen LogP contribution in [-0.2, 0) is 20.6 Å². The predicted octanol–water partition coefficient (Wildman–Crippen LogP) is 3.33. The van der Waals surface area contributed by atoms with Gasteiger partial charge in [0.05, 0.1) is 17.8 Å². The van der Waals surface area contributed by atoms with E-state index in [4.69, 9.17) is 15.2 Å². The zero-order valence-corrected chi connectivity index (χ0v) is 27.9. The average molecular weight is 714 g/mol. The number of aromatic nitrogens is 2. The van der Waals surface area contributed by atoms with Gasteiger partial charge in [-0.1, -0.05) is 0 Å². The molecule has 3 heterocycles. The molecule has 0 radical (unpaired) electrons. The molecular formula is C35H35F4N5O7. The summed E-state index contributed by atoms with van der Waals surface area (Å²) in [6.07, 6.45) is -3.93. The number of alkyl halides is 3. The number of rotatable bonds is 11. The first kappa shape index (κ1) is 36.9. The number of carbonyl (C=O) groups is 3. The average Bonchev–Trinajstić information content (AvgIpc) is 3.40. The predicted molar refractivity (Wildman–Crippen MR) is 175 cm³/mol. The maximum atomic E-state index is 15.0. The van der Waals surface area contributed by atoms with Crippen molar-refractivity contribution in [3.8, 4) is 22.8 Å². The van der Waals surface area contributed by atoms with Crippen molar-refractivity contribution in [1.82, 2.24) is 20.6 Å². The number of fused-ring (bicyclic) bond motifs is 2. The van der Waals surface area contributed by atoms with Gasteiger partial charge in [-0.25, -0.2) is 9.37 Å². The van der Waals surface area contributed by atoms with Crippen LogP contribution in [0.1, 0.15) is 48.0 Å². The van der Waals surface area contributed by atoms with Gasteiger partial charge >= 0.3 is 6.18 Å². The minimum absolute atomic E-state index is 0.0334. The molecule has 1 aliphatic rings. The Morgan fingerprint density at radius 1 is 1.04 bits per heavy atom. The molecular weight excluding hydrogens is 678 g/mol. The number of nitrogens with two attached hydrogens (primary N) is 1. The zero-order valence-electron chi connectivity index (χ0n) is 27.9. The van der Waals surface area contributed by atoms with E-state index in [9.17, 15) is 42.2 Å². The van der Waals surface area contributed by atoms with Crippen molar-refractivity contribution in [3.63, 3.8) is 0 Å². The van der Waals surface area contributed by atoms with Crippen LogP contribution in [0.15, 0.2) is 54.7 Å². The Morgan fingerprint density at radius 2 is 1.73 bits per heavy atom. The Balaban J connectivity index is 1.58. The Labute approximate surface area is 289 Å². The molecule has 0 spiro atoms. The highest BCUT2D eigenvalue weighted by Gasteiger charge is 2.58. The summed E-state index contributed by atoms with van der Waals surface area (Å²) < 4.78 is 70.0. The van der Waals surface area contributed by atoms with Crippen LogP contribution in [-0.4, -0.2) is 76.0 Å². The first-order chi connectivity index (χ1) is 23.7. The minimum Gasteiger partial charge on any atom is -0.489 e. The van der Waals surface area contributed by atoms with Crippen LogP contribution in [0.2, 0.25) is 0 Å². The molecule has 16 heteroatoms. The summed E-state index contributed by atoms with van der Waals surface area (Å²) in [5.41, 5.74) is -1.96. The molecule has 0 aliphatic carbocycles. The molecule has 2 aromatic heterocycles. The number of ether oxygens (including phenoxy) is 2. The third kappa shape index (κ3) is 7.56. The molecule has 3 amide bonds. The molecule has 2 atom stereocenters. The number of pyridine rings is 2. The van der Waals surface area contributed by atoms with Crippen molar-refractivity contribution >= 4 is 28.6 Å². The SMILES string of the molecule is Cc1cnc2c(OCC(N)=O)cc(C(=O)NCC(O)(c3cc4c(c(-c5ccc(F)cc5)n3)OC[C@]4(C)C(=O)NCC(C)(C)O)C(F)(F)F)cc2c1. The molecule has 51 heavy (non-hydrogen) atoms. The quantitative estimate of drug-likeness (QED) is 0.146. The van der Waals surface area contributed by atoms with Crippen molar-refractivity contribution in [2.24, 2.45) is 5.73 Å². The number of carbonyl (C=O) groups excluding carboxylic acids is 3. The number of nitrogens with one attached hydrogen (secondary N) is 2. The highest BCUT2D eigenvalue weighted by Crippen LogP contribution is 2.48. The van der Waals surface area contributed by atoms with Gasteiger partial charge in [0.1, 0.15) is 40.5 Å². The van der Waals surface area contributed by atoms with Gasteiger partial charge in [-0.05, 0) is 81.8 Å². The topological polar surface area (TPSA) is 186 Å². The number of nitrogens with zero attached hydrogens (tertiary/aromatic N) is 2. The maximum absolute atomic E-state index is 15.0. The van der Waals surface area contributed by atoms with Crippen LogP contribution in [0, 0.1) is 12.7 Å². The fourth-order valence-corrected chi connectivity index (χ4v) is 5.44. The number of aliphatic hydroxyl groups is 2. The summed E-state index contributed by atoms with van der Waals surface area (Å²) in [7, 11) is 0. The van der Waals surface area contributed by atoms with Gasteiger partial charge in [-0.15, -0.1) is 0 Å². The largest absolute Gasteiger partial charge is 0.489 e. The van der Waals surface area contributed by atoms with Crippen LogP contribution >= 0.6 is 0 Å². The molecule has 0 saturated carbocycles. The lowest BCUT2D eigenvalue weighted by Crippen LogP contribution is -2.52. The second kappa shape index (κ2) is 13.4. The van der Waals surface area contributed by atoms with Crippen molar-refractivity contribution in [2.45, 2.75) is 50.5 Å². The third-order valence-electron chi connectivity index (χ3n) is 8.29. The van der Waals surface area contributed by atoms with Crippen molar-refractivity contribution in [1.29, 1.82) is 0 Å². The molecule has 1 aliphatic heterocycles. The lowest BCUT2D eigenvalue weighted by Gasteiger charge is -2.32. The summed E-state index contributed by atoms with van der Waals surface area (Å²) in [5, 5.41) is 26.7. The number of hydrogen-bond donors (Lipinski definition) is 5. The zero-order chi connectivity index (χ0) is 37.5. The van der Waals surface area contributed by atoms with Crippen LogP contribution < -0.4 is 25.8 Å². The van der Waals surface area contributed by atoms with Crippen molar-refractivity contribution < 1.29 is 51.6 Å². The summed E-state index contributed by atoms with van der Waals surface area (Å²) in [6, 6.07) is 9.66. The van der Waals surface area contributed by atoms with Gasteiger partial charge in [0.15, 0.2) is 6.61 Å². The van der Waals surface area contributed by atoms with E-state index in [0.29, 0.717) is 10.9 Å². The second-order valence-corrected chi connectivity index (χ2v) is 13.2. The first-order valence-corrected chi connectivity index (χ1v) is 15.6. The van der Waals surface area contributed by atoms with Crippen LogP contribution in [0.4, 0.5) is 17.6 Å². The van der Waals surface area contributed by atoms with E-state index in [1.807, 2.05) is 0 Å². The van der Waals surface area contributed by atoms with Gasteiger partial charge in [0.2, 0.25) is 11.5 Å². The number of amides is 3. The lowest BCUT2D eigenvalue weighted by atomic mass is 9.81. The summed E-state index contributed by atoms with van der Waals surface area (Å²) in [5.74, 6) is -3.30. The maximum Gasteiger partial charge on any atom is 0.424 e. The first-order valence-electron chi connectivity index (χ1n) is 15.6. The van der Waals surface area contributed by atoms with Gasteiger partial charge in [0.25, 0.3) is 11.8 Å². The smallest absolute Gasteiger partial charge is 0.424 e. The van der Waals surface area contributed by atoms with Gasteiger partial charge in [0, 0.05) is 34.8 Å². The van der Waals surface area contributed by atoms with E-state index in [0.717, 1.165) is 18.2 Å². The van der Waals surface area contributed by atoms with Crippen LogP contribution in [0.25, 0.3) is 22.2 Å². The van der Waals surface area contributed by atoms with Crippen LogP contribution in [0.3, 0.4) is 0 Å². The number of aryl methyl sites for hydroxylation is 1. The molecule has 5 rings (SSSR count). The van der Waals surface area contributed by atoms with E-state index < -0.39 is 65.2 Å². The normalized spacial score (nSPS) is 16.9. The van der Waals surface area contributed by atoms with Crippen molar-refractivity contribution in [2.75, 3.05) is 26.3 Å². The molecule has 4 aromatic rings. The molecule has 0 fully saturated rings. The number of halogens is 4.